The molecule has 0 spiro atoms. The first-order valence-electron chi connectivity index (χ1n) is 11.3. The molecule has 3 aromatic rings. The molecule has 1 aliphatic carbocycles. The van der Waals surface area contributed by atoms with Gasteiger partial charge in [0.25, 0.3) is 0 Å². The van der Waals surface area contributed by atoms with Crippen LogP contribution in [0.25, 0.3) is 10.9 Å². The molecule has 1 aliphatic rings. The van der Waals surface area contributed by atoms with Crippen molar-refractivity contribution in [3.63, 3.8) is 0 Å². The number of hydrogen-bond acceptors (Lipinski definition) is 2. The van der Waals surface area contributed by atoms with Crippen molar-refractivity contribution in [2.45, 2.75) is 58.0 Å². The SMILES string of the molecule is CCCN(C(=O)CCc1ccccc1)[C@H]1CCc2c(c3cc(F)ccc3n2CC(=O)O)C1. The quantitative estimate of drug-likeness (QED) is 0.562. The molecule has 168 valence electrons. The number of aromatic nitrogens is 1. The third kappa shape index (κ3) is 4.54. The number of rotatable bonds is 8. The molecule has 5 nitrogen and oxygen atoms in total. The molecule has 0 fully saturated rings. The maximum Gasteiger partial charge on any atom is 0.323 e. The monoisotopic (exact) mass is 436 g/mol. The van der Waals surface area contributed by atoms with E-state index in [1.807, 2.05) is 35.2 Å². The Morgan fingerprint density at radius 1 is 1.19 bits per heavy atom. The third-order valence-corrected chi connectivity index (χ3v) is 6.39. The Bertz CT molecular complexity index is 1120. The number of halogens is 1. The minimum atomic E-state index is -0.917. The smallest absolute Gasteiger partial charge is 0.323 e. The normalized spacial score (nSPS) is 15.5. The molecule has 0 aliphatic heterocycles. The molecule has 0 bridgehead atoms. The molecular weight excluding hydrogens is 407 g/mol. The van der Waals surface area contributed by atoms with E-state index in [1.165, 1.54) is 12.1 Å². The largest absolute Gasteiger partial charge is 0.480 e. The Morgan fingerprint density at radius 2 is 1.97 bits per heavy atom. The number of carboxylic acid groups (broad SMARTS) is 1. The number of fused-ring (bicyclic) bond motifs is 3. The first kappa shape index (κ1) is 22.1. The average Bonchev–Trinajstić information content (AvgIpc) is 3.08. The minimum Gasteiger partial charge on any atom is -0.480 e. The van der Waals surface area contributed by atoms with Crippen molar-refractivity contribution in [3.8, 4) is 0 Å². The highest BCUT2D eigenvalue weighted by molar-refractivity contribution is 5.87. The van der Waals surface area contributed by atoms with Crippen LogP contribution in [-0.2, 0) is 35.4 Å². The zero-order valence-electron chi connectivity index (χ0n) is 18.4. The third-order valence-electron chi connectivity index (χ3n) is 6.39. The molecule has 0 saturated carbocycles. The number of aryl methyl sites for hydroxylation is 1. The molecule has 0 saturated heterocycles. The van der Waals surface area contributed by atoms with Crippen LogP contribution in [-0.4, -0.2) is 39.0 Å². The van der Waals surface area contributed by atoms with Gasteiger partial charge in [-0.15, -0.1) is 0 Å². The van der Waals surface area contributed by atoms with Crippen LogP contribution in [0.4, 0.5) is 4.39 Å². The predicted molar refractivity (Wildman–Crippen MR) is 122 cm³/mol. The van der Waals surface area contributed by atoms with E-state index in [0.29, 0.717) is 32.2 Å². The van der Waals surface area contributed by atoms with Gasteiger partial charge >= 0.3 is 5.97 Å². The first-order chi connectivity index (χ1) is 15.5. The second-order valence-electron chi connectivity index (χ2n) is 8.54. The molecule has 1 amide bonds. The summed E-state index contributed by atoms with van der Waals surface area (Å²) in [5, 5.41) is 10.2. The Morgan fingerprint density at radius 3 is 2.69 bits per heavy atom. The van der Waals surface area contributed by atoms with Crippen molar-refractivity contribution in [1.82, 2.24) is 9.47 Å². The molecule has 0 unspecified atom stereocenters. The highest BCUT2D eigenvalue weighted by atomic mass is 19.1. The predicted octanol–water partition coefficient (Wildman–Crippen LogP) is 4.59. The summed E-state index contributed by atoms with van der Waals surface area (Å²) in [4.78, 5) is 26.6. The molecule has 0 radical (unpaired) electrons. The maximum atomic E-state index is 14.1. The van der Waals surface area contributed by atoms with Crippen molar-refractivity contribution in [3.05, 3.63) is 71.2 Å². The van der Waals surface area contributed by atoms with Gasteiger partial charge in [0.15, 0.2) is 0 Å². The topological polar surface area (TPSA) is 62.5 Å². The molecule has 4 rings (SSSR count). The molecular formula is C26H29FN2O3. The van der Waals surface area contributed by atoms with Crippen LogP contribution in [0.3, 0.4) is 0 Å². The lowest BCUT2D eigenvalue weighted by atomic mass is 9.89. The summed E-state index contributed by atoms with van der Waals surface area (Å²) in [6.07, 6.45) is 4.12. The number of carboxylic acids is 1. The van der Waals surface area contributed by atoms with Gasteiger partial charge in [0, 0.05) is 35.6 Å². The standard InChI is InChI=1S/C26H29FN2O3/c1-2-14-28(25(30)13-8-18-6-4-3-5-7-18)20-10-12-24-22(16-20)21-15-19(27)9-11-23(21)29(24)17-26(31)32/h3-7,9,11,15,20H,2,8,10,12-14,16-17H2,1H3,(H,31,32)/t20-/m0/s1. The van der Waals surface area contributed by atoms with Gasteiger partial charge in [0.1, 0.15) is 12.4 Å². The number of benzene rings is 2. The Kier molecular flexibility index (Phi) is 6.58. The first-order valence-corrected chi connectivity index (χ1v) is 11.3. The van der Waals surface area contributed by atoms with Gasteiger partial charge in [-0.25, -0.2) is 4.39 Å². The maximum absolute atomic E-state index is 14.1. The zero-order valence-corrected chi connectivity index (χ0v) is 18.4. The molecule has 1 heterocycles. The van der Waals surface area contributed by atoms with E-state index in [-0.39, 0.29) is 24.3 Å². The van der Waals surface area contributed by atoms with Gasteiger partial charge in [-0.1, -0.05) is 37.3 Å². The van der Waals surface area contributed by atoms with Gasteiger partial charge in [0.05, 0.1) is 0 Å². The summed E-state index contributed by atoms with van der Waals surface area (Å²) in [5.74, 6) is -1.11. The van der Waals surface area contributed by atoms with Crippen LogP contribution in [0.2, 0.25) is 0 Å². The van der Waals surface area contributed by atoms with Crippen LogP contribution < -0.4 is 0 Å². The van der Waals surface area contributed by atoms with Crippen LogP contribution in [0, 0.1) is 5.82 Å². The molecule has 2 aromatic carbocycles. The van der Waals surface area contributed by atoms with Crippen LogP contribution in [0.15, 0.2) is 48.5 Å². The summed E-state index contributed by atoms with van der Waals surface area (Å²) in [7, 11) is 0. The lowest BCUT2D eigenvalue weighted by Crippen LogP contribution is -2.44. The molecule has 1 aromatic heterocycles. The van der Waals surface area contributed by atoms with E-state index in [4.69, 9.17) is 0 Å². The number of amides is 1. The average molecular weight is 437 g/mol. The summed E-state index contributed by atoms with van der Waals surface area (Å²) < 4.78 is 15.9. The molecule has 1 atom stereocenters. The number of carbonyl (C=O) groups is 2. The molecule has 32 heavy (non-hydrogen) atoms. The van der Waals surface area contributed by atoms with Crippen molar-refractivity contribution in [1.29, 1.82) is 0 Å². The van der Waals surface area contributed by atoms with Gasteiger partial charge in [-0.2, -0.15) is 0 Å². The van der Waals surface area contributed by atoms with Crippen molar-refractivity contribution in [2.24, 2.45) is 0 Å². The van der Waals surface area contributed by atoms with E-state index >= 15 is 0 Å². The minimum absolute atomic E-state index is 0.0397. The number of nitrogens with zero attached hydrogens (tertiary/aromatic N) is 2. The van der Waals surface area contributed by atoms with Crippen molar-refractivity contribution >= 4 is 22.8 Å². The number of carbonyl (C=O) groups excluding carboxylic acids is 1. The lowest BCUT2D eigenvalue weighted by molar-refractivity contribution is -0.137. The van der Waals surface area contributed by atoms with E-state index in [2.05, 4.69) is 6.92 Å². The van der Waals surface area contributed by atoms with E-state index < -0.39 is 5.97 Å². The van der Waals surface area contributed by atoms with Crippen LogP contribution in [0.5, 0.6) is 0 Å². The van der Waals surface area contributed by atoms with Crippen molar-refractivity contribution < 1.29 is 19.1 Å². The second-order valence-corrected chi connectivity index (χ2v) is 8.54. The van der Waals surface area contributed by atoms with Crippen LogP contribution >= 0.6 is 0 Å². The number of aliphatic carboxylic acids is 1. The van der Waals surface area contributed by atoms with Gasteiger partial charge in [-0.3, -0.25) is 9.59 Å². The van der Waals surface area contributed by atoms with Crippen LogP contribution in [0.1, 0.15) is 43.0 Å². The van der Waals surface area contributed by atoms with E-state index in [1.54, 1.807) is 10.6 Å². The fourth-order valence-electron chi connectivity index (χ4n) is 4.98. The van der Waals surface area contributed by atoms with E-state index in [9.17, 15) is 19.1 Å². The van der Waals surface area contributed by atoms with Gasteiger partial charge in [-0.05, 0) is 61.4 Å². The Balaban J connectivity index is 1.59. The highest BCUT2D eigenvalue weighted by Gasteiger charge is 2.31. The van der Waals surface area contributed by atoms with Crippen molar-refractivity contribution in [2.75, 3.05) is 6.54 Å². The lowest BCUT2D eigenvalue weighted by Gasteiger charge is -2.35. The number of hydrogen-bond donors (Lipinski definition) is 1. The molecule has 6 heteroatoms. The Hall–Kier alpha value is -3.15. The fraction of sp³-hybridized carbons (Fsp3) is 0.385. The van der Waals surface area contributed by atoms with E-state index in [0.717, 1.165) is 40.6 Å². The molecule has 1 N–H and O–H groups in total. The second kappa shape index (κ2) is 9.55. The Labute approximate surface area is 187 Å². The van der Waals surface area contributed by atoms with Gasteiger partial charge in [0.2, 0.25) is 5.91 Å². The van der Waals surface area contributed by atoms with Gasteiger partial charge < -0.3 is 14.6 Å². The summed E-state index contributed by atoms with van der Waals surface area (Å²) >= 11 is 0. The summed E-state index contributed by atoms with van der Waals surface area (Å²) in [6, 6.07) is 14.6. The fourth-order valence-corrected chi connectivity index (χ4v) is 4.98. The zero-order chi connectivity index (χ0) is 22.7. The highest BCUT2D eigenvalue weighted by Crippen LogP contribution is 2.34. The summed E-state index contributed by atoms with van der Waals surface area (Å²) in [5.41, 5.74) is 3.83. The summed E-state index contributed by atoms with van der Waals surface area (Å²) in [6.45, 7) is 2.62.